The Morgan fingerprint density at radius 2 is 1.95 bits per heavy atom. The van der Waals surface area contributed by atoms with Crippen LogP contribution in [-0.4, -0.2) is 28.8 Å². The molecule has 2 fully saturated rings. The number of anilines is 1. The van der Waals surface area contributed by atoms with Gasteiger partial charge in [0.1, 0.15) is 11.9 Å². The summed E-state index contributed by atoms with van der Waals surface area (Å²) in [5.41, 5.74) is 0.532. The van der Waals surface area contributed by atoms with Crippen molar-refractivity contribution < 1.29 is 14.0 Å². The van der Waals surface area contributed by atoms with E-state index in [0.29, 0.717) is 5.69 Å². The Morgan fingerprint density at radius 3 is 2.65 bits per heavy atom. The summed E-state index contributed by atoms with van der Waals surface area (Å²) in [7, 11) is 0. The highest BCUT2D eigenvalue weighted by atomic mass is 19.1. The lowest BCUT2D eigenvalue weighted by atomic mass is 10.2. The van der Waals surface area contributed by atoms with Crippen molar-refractivity contribution >= 4 is 17.5 Å². The first-order chi connectivity index (χ1) is 9.65. The molecule has 1 atom stereocenters. The van der Waals surface area contributed by atoms with Gasteiger partial charge in [0.2, 0.25) is 5.91 Å². The van der Waals surface area contributed by atoms with Crippen molar-refractivity contribution in [2.75, 3.05) is 5.32 Å². The summed E-state index contributed by atoms with van der Waals surface area (Å²) >= 11 is 0. The van der Waals surface area contributed by atoms with Gasteiger partial charge in [-0.05, 0) is 31.0 Å². The second kappa shape index (κ2) is 5.23. The van der Waals surface area contributed by atoms with Crippen LogP contribution >= 0.6 is 0 Å². The van der Waals surface area contributed by atoms with Crippen LogP contribution in [0.5, 0.6) is 0 Å². The molecule has 1 saturated heterocycles. The summed E-state index contributed by atoms with van der Waals surface area (Å²) in [4.78, 5) is 25.8. The molecule has 1 aliphatic heterocycles. The first-order valence-corrected chi connectivity index (χ1v) is 7.03. The molecule has 0 radical (unpaired) electrons. The predicted molar refractivity (Wildman–Crippen MR) is 72.5 cm³/mol. The van der Waals surface area contributed by atoms with Crippen molar-refractivity contribution in [2.45, 2.75) is 44.2 Å². The molecule has 106 valence electrons. The molecular weight excluding hydrogens is 259 g/mol. The van der Waals surface area contributed by atoms with Crippen LogP contribution in [-0.2, 0) is 9.59 Å². The minimum absolute atomic E-state index is 0.0642. The van der Waals surface area contributed by atoms with Gasteiger partial charge >= 0.3 is 0 Å². The molecule has 4 nitrogen and oxygen atoms in total. The van der Waals surface area contributed by atoms with Gasteiger partial charge in [0.15, 0.2) is 0 Å². The van der Waals surface area contributed by atoms with E-state index in [0.717, 1.165) is 25.7 Å². The van der Waals surface area contributed by atoms with Gasteiger partial charge in [-0.15, -0.1) is 0 Å². The van der Waals surface area contributed by atoms with Gasteiger partial charge in [-0.25, -0.2) is 4.39 Å². The van der Waals surface area contributed by atoms with Gasteiger partial charge in [0.05, 0.1) is 6.42 Å². The Morgan fingerprint density at radius 1 is 1.20 bits per heavy atom. The van der Waals surface area contributed by atoms with E-state index < -0.39 is 6.04 Å². The zero-order valence-corrected chi connectivity index (χ0v) is 11.1. The number of nitrogens with one attached hydrogen (secondary N) is 1. The fourth-order valence-corrected chi connectivity index (χ4v) is 3.09. The first kappa shape index (κ1) is 13.1. The number of carbonyl (C=O) groups excluding carboxylic acids is 2. The average molecular weight is 276 g/mol. The lowest BCUT2D eigenvalue weighted by Crippen LogP contribution is -2.40. The van der Waals surface area contributed by atoms with Crippen LogP contribution in [0, 0.1) is 5.82 Å². The monoisotopic (exact) mass is 276 g/mol. The zero-order valence-electron chi connectivity index (χ0n) is 11.1. The molecule has 1 heterocycles. The fraction of sp³-hybridized carbons (Fsp3) is 0.467. The minimum atomic E-state index is -0.565. The second-order valence-electron chi connectivity index (χ2n) is 5.45. The average Bonchev–Trinajstić information content (AvgIpc) is 2.99. The molecule has 20 heavy (non-hydrogen) atoms. The van der Waals surface area contributed by atoms with E-state index in [-0.39, 0.29) is 30.1 Å². The summed E-state index contributed by atoms with van der Waals surface area (Å²) in [6.07, 6.45) is 4.12. The number of amides is 2. The standard InChI is InChI=1S/C15H17FN2O2/c16-10-4-3-5-11(8-10)17-13-9-14(19)18(15(13)20)12-6-1-2-7-12/h3-5,8,12-13,17H,1-2,6-7,9H2. The van der Waals surface area contributed by atoms with E-state index in [4.69, 9.17) is 0 Å². The van der Waals surface area contributed by atoms with Crippen molar-refractivity contribution in [2.24, 2.45) is 0 Å². The summed E-state index contributed by atoms with van der Waals surface area (Å²) in [5, 5.41) is 2.96. The maximum absolute atomic E-state index is 13.1. The number of benzene rings is 1. The van der Waals surface area contributed by atoms with Gasteiger partial charge in [-0.3, -0.25) is 14.5 Å². The third kappa shape index (κ3) is 2.40. The molecule has 3 rings (SSSR count). The Bertz CT molecular complexity index is 540. The summed E-state index contributed by atoms with van der Waals surface area (Å²) in [6.45, 7) is 0. The molecule has 1 aromatic carbocycles. The largest absolute Gasteiger partial charge is 0.373 e. The lowest BCUT2D eigenvalue weighted by molar-refractivity contribution is -0.141. The van der Waals surface area contributed by atoms with Gasteiger partial charge < -0.3 is 5.32 Å². The topological polar surface area (TPSA) is 49.4 Å². The normalized spacial score (nSPS) is 23.6. The predicted octanol–water partition coefficient (Wildman–Crippen LogP) is 2.31. The maximum atomic E-state index is 13.1. The van der Waals surface area contributed by atoms with Crippen LogP contribution in [0.25, 0.3) is 0 Å². The Labute approximate surface area is 117 Å². The molecule has 1 N–H and O–H groups in total. The number of nitrogens with zero attached hydrogens (tertiary/aromatic N) is 1. The smallest absolute Gasteiger partial charge is 0.252 e. The number of likely N-dealkylation sites (tertiary alicyclic amines) is 1. The molecular formula is C15H17FN2O2. The van der Waals surface area contributed by atoms with Gasteiger partial charge in [-0.2, -0.15) is 0 Å². The molecule has 1 saturated carbocycles. The number of hydrogen-bond donors (Lipinski definition) is 1. The van der Waals surface area contributed by atoms with Gasteiger partial charge in [0, 0.05) is 11.7 Å². The van der Waals surface area contributed by atoms with Crippen molar-refractivity contribution in [1.82, 2.24) is 4.90 Å². The van der Waals surface area contributed by atoms with Crippen molar-refractivity contribution in [3.05, 3.63) is 30.1 Å². The van der Waals surface area contributed by atoms with Crippen LogP contribution in [0.15, 0.2) is 24.3 Å². The lowest BCUT2D eigenvalue weighted by Gasteiger charge is -2.22. The SMILES string of the molecule is O=C1CC(Nc2cccc(F)c2)C(=O)N1C1CCCC1. The van der Waals surface area contributed by atoms with E-state index in [1.807, 2.05) is 0 Å². The van der Waals surface area contributed by atoms with Gasteiger partial charge in [-0.1, -0.05) is 18.9 Å². The van der Waals surface area contributed by atoms with Crippen LogP contribution in [0.4, 0.5) is 10.1 Å². The van der Waals surface area contributed by atoms with Crippen LogP contribution in [0.1, 0.15) is 32.1 Å². The highest BCUT2D eigenvalue weighted by Gasteiger charge is 2.42. The van der Waals surface area contributed by atoms with Crippen molar-refractivity contribution in [3.63, 3.8) is 0 Å². The van der Waals surface area contributed by atoms with Crippen LogP contribution in [0.3, 0.4) is 0 Å². The molecule has 1 aromatic rings. The Hall–Kier alpha value is -1.91. The number of rotatable bonds is 3. The number of carbonyl (C=O) groups is 2. The van der Waals surface area contributed by atoms with Crippen LogP contribution in [0.2, 0.25) is 0 Å². The Kier molecular flexibility index (Phi) is 3.42. The summed E-state index contributed by atoms with van der Waals surface area (Å²) in [5.74, 6) is -0.651. The molecule has 5 heteroatoms. The molecule has 1 unspecified atom stereocenters. The first-order valence-electron chi connectivity index (χ1n) is 7.03. The highest BCUT2D eigenvalue weighted by Crippen LogP contribution is 2.29. The molecule has 2 amide bonds. The summed E-state index contributed by atoms with van der Waals surface area (Å²) < 4.78 is 13.1. The number of imide groups is 1. The third-order valence-corrected chi connectivity index (χ3v) is 4.04. The van der Waals surface area contributed by atoms with E-state index >= 15 is 0 Å². The maximum Gasteiger partial charge on any atom is 0.252 e. The van der Waals surface area contributed by atoms with E-state index in [2.05, 4.69) is 5.32 Å². The van der Waals surface area contributed by atoms with E-state index in [1.54, 1.807) is 12.1 Å². The molecule has 0 aromatic heterocycles. The molecule has 2 aliphatic rings. The minimum Gasteiger partial charge on any atom is -0.373 e. The second-order valence-corrected chi connectivity index (χ2v) is 5.45. The quantitative estimate of drug-likeness (QED) is 0.862. The van der Waals surface area contributed by atoms with Crippen LogP contribution < -0.4 is 5.32 Å². The van der Waals surface area contributed by atoms with Crippen molar-refractivity contribution in [1.29, 1.82) is 0 Å². The van der Waals surface area contributed by atoms with E-state index in [9.17, 15) is 14.0 Å². The fourth-order valence-electron chi connectivity index (χ4n) is 3.09. The van der Waals surface area contributed by atoms with E-state index in [1.165, 1.54) is 17.0 Å². The highest BCUT2D eigenvalue weighted by molar-refractivity contribution is 6.07. The Balaban J connectivity index is 1.72. The summed E-state index contributed by atoms with van der Waals surface area (Å²) in [6, 6.07) is 5.44. The molecule has 1 aliphatic carbocycles. The number of hydrogen-bond acceptors (Lipinski definition) is 3. The zero-order chi connectivity index (χ0) is 14.1. The molecule has 0 spiro atoms. The van der Waals surface area contributed by atoms with Gasteiger partial charge in [0.25, 0.3) is 5.91 Å². The van der Waals surface area contributed by atoms with Crippen molar-refractivity contribution in [3.8, 4) is 0 Å². The third-order valence-electron chi connectivity index (χ3n) is 4.04. The molecule has 0 bridgehead atoms. The number of halogens is 1.